The smallest absolute Gasteiger partial charge is 0.140 e. The Morgan fingerprint density at radius 3 is 1.21 bits per heavy atom. The molecular weight excluding hydrogens is 871 g/mol. The maximum absolute atomic E-state index is 7.28. The molecule has 3 aliphatic carbocycles. The van der Waals surface area contributed by atoms with E-state index in [2.05, 4.69) is 266 Å². The standard InChI is InChI=1S/C70H43NO/c1-2-16-44(17-3-1)45-30-34-48(35-31-45)71(50-36-38-57-55-24-10-14-28-61(55)69(66(57)43-50)59-26-12-8-22-53(59)54-23-9-13-27-60(54)69)49-37-41-63-58(42-49)56-25-11-15-29-62(56)70(63)64-39-32-46-18-4-6-20-51(46)67(64)72-68-52-21-7-5-19-47(52)33-40-65(68)70/h1-43H. The number of hydrogen-bond donors (Lipinski definition) is 0. The third-order valence-corrected chi connectivity index (χ3v) is 16.5. The molecule has 4 aliphatic rings. The van der Waals surface area contributed by atoms with E-state index in [0.29, 0.717) is 0 Å². The van der Waals surface area contributed by atoms with Crippen LogP contribution < -0.4 is 9.64 Å². The minimum atomic E-state index is -0.640. The van der Waals surface area contributed by atoms with Gasteiger partial charge in [-0.2, -0.15) is 0 Å². The number of anilines is 3. The number of nitrogens with zero attached hydrogens (tertiary/aromatic N) is 1. The van der Waals surface area contributed by atoms with E-state index in [4.69, 9.17) is 4.74 Å². The van der Waals surface area contributed by atoms with Crippen LogP contribution in [0.5, 0.6) is 11.5 Å². The number of fused-ring (bicyclic) bond motifs is 23. The Bertz CT molecular complexity index is 4110. The minimum Gasteiger partial charge on any atom is -0.455 e. The van der Waals surface area contributed by atoms with Gasteiger partial charge in [-0.3, -0.25) is 0 Å². The van der Waals surface area contributed by atoms with Crippen LogP contribution in [0.25, 0.3) is 66.1 Å². The van der Waals surface area contributed by atoms with Gasteiger partial charge in [-0.1, -0.05) is 224 Å². The number of hydrogen-bond acceptors (Lipinski definition) is 2. The molecule has 2 spiro atoms. The molecule has 0 unspecified atom stereocenters. The van der Waals surface area contributed by atoms with E-state index < -0.39 is 10.8 Å². The van der Waals surface area contributed by atoms with Gasteiger partial charge in [0.1, 0.15) is 11.5 Å². The average Bonchev–Trinajstić information content (AvgIpc) is 4.04. The van der Waals surface area contributed by atoms with Crippen molar-refractivity contribution in [3.05, 3.63) is 305 Å². The summed E-state index contributed by atoms with van der Waals surface area (Å²) in [5.41, 5.74) is 22.4. The first-order valence-electron chi connectivity index (χ1n) is 25.1. The first-order chi connectivity index (χ1) is 35.7. The van der Waals surface area contributed by atoms with Crippen molar-refractivity contribution in [2.24, 2.45) is 0 Å². The SMILES string of the molecule is c1ccc(-c2ccc(N(c3ccc4c(c3)-c3ccccc3C43c4ccc5ccccc5c4Oc4c3ccc3ccccc43)c3ccc4c(c3)C3(c5ccccc5-c5ccccc53)c3ccccc3-4)cc2)cc1. The van der Waals surface area contributed by atoms with Gasteiger partial charge in [-0.25, -0.2) is 0 Å². The number of rotatable bonds is 4. The van der Waals surface area contributed by atoms with Gasteiger partial charge < -0.3 is 9.64 Å². The zero-order chi connectivity index (χ0) is 47.1. The van der Waals surface area contributed by atoms with Gasteiger partial charge in [-0.05, 0) is 125 Å². The van der Waals surface area contributed by atoms with Gasteiger partial charge >= 0.3 is 0 Å². The van der Waals surface area contributed by atoms with E-state index in [-0.39, 0.29) is 0 Å². The highest BCUT2D eigenvalue weighted by Crippen LogP contribution is 2.66. The summed E-state index contributed by atoms with van der Waals surface area (Å²) >= 11 is 0. The van der Waals surface area contributed by atoms with E-state index in [0.717, 1.165) is 61.2 Å². The van der Waals surface area contributed by atoms with Crippen LogP contribution >= 0.6 is 0 Å². The summed E-state index contributed by atoms with van der Waals surface area (Å²) in [4.78, 5) is 2.49. The van der Waals surface area contributed by atoms with Gasteiger partial charge in [0.25, 0.3) is 0 Å². The normalized spacial score (nSPS) is 14.2. The molecule has 2 nitrogen and oxygen atoms in total. The maximum Gasteiger partial charge on any atom is 0.140 e. The molecule has 0 atom stereocenters. The first-order valence-corrected chi connectivity index (χ1v) is 25.1. The Balaban J connectivity index is 0.955. The second kappa shape index (κ2) is 14.6. The fourth-order valence-electron chi connectivity index (χ4n) is 13.6. The van der Waals surface area contributed by atoms with E-state index in [1.807, 2.05) is 0 Å². The molecule has 0 N–H and O–H groups in total. The number of ether oxygens (including phenoxy) is 1. The van der Waals surface area contributed by atoms with Crippen molar-refractivity contribution in [2.45, 2.75) is 10.8 Å². The van der Waals surface area contributed by atoms with Gasteiger partial charge in [0.15, 0.2) is 0 Å². The Morgan fingerprint density at radius 2 is 0.639 bits per heavy atom. The summed E-state index contributed by atoms with van der Waals surface area (Å²) in [7, 11) is 0. The predicted molar refractivity (Wildman–Crippen MR) is 295 cm³/mol. The van der Waals surface area contributed by atoms with E-state index in [1.54, 1.807) is 0 Å². The van der Waals surface area contributed by atoms with Crippen LogP contribution in [0.4, 0.5) is 17.1 Å². The molecule has 0 amide bonds. The highest BCUT2D eigenvalue weighted by atomic mass is 16.5. The summed E-state index contributed by atoms with van der Waals surface area (Å²) in [5.74, 6) is 1.85. The molecule has 334 valence electrons. The van der Waals surface area contributed by atoms with Gasteiger partial charge in [0, 0.05) is 39.0 Å². The lowest BCUT2D eigenvalue weighted by atomic mass is 9.65. The maximum atomic E-state index is 7.28. The summed E-state index contributed by atoms with van der Waals surface area (Å²) in [5, 5.41) is 4.55. The van der Waals surface area contributed by atoms with Gasteiger partial charge in [-0.15, -0.1) is 0 Å². The van der Waals surface area contributed by atoms with Gasteiger partial charge in [0.05, 0.1) is 10.8 Å². The zero-order valence-corrected chi connectivity index (χ0v) is 39.2. The third kappa shape index (κ3) is 5.08. The first kappa shape index (κ1) is 39.6. The van der Waals surface area contributed by atoms with Crippen LogP contribution in [0.1, 0.15) is 44.5 Å². The van der Waals surface area contributed by atoms with Crippen molar-refractivity contribution in [1.82, 2.24) is 0 Å². The highest BCUT2D eigenvalue weighted by Gasteiger charge is 2.53. The van der Waals surface area contributed by atoms with Crippen LogP contribution in [-0.2, 0) is 10.8 Å². The van der Waals surface area contributed by atoms with Crippen molar-refractivity contribution in [1.29, 1.82) is 0 Å². The molecule has 16 rings (SSSR count). The monoisotopic (exact) mass is 913 g/mol. The molecule has 0 saturated carbocycles. The molecule has 0 fully saturated rings. The molecule has 12 aromatic rings. The highest BCUT2D eigenvalue weighted by molar-refractivity contribution is 6.01. The van der Waals surface area contributed by atoms with E-state index >= 15 is 0 Å². The summed E-state index contributed by atoms with van der Waals surface area (Å²) in [6, 6.07) is 97.1. The van der Waals surface area contributed by atoms with E-state index in [9.17, 15) is 0 Å². The van der Waals surface area contributed by atoms with Crippen LogP contribution in [0.15, 0.2) is 261 Å². The lowest BCUT2D eigenvalue weighted by molar-refractivity contribution is 0.447. The van der Waals surface area contributed by atoms with Crippen LogP contribution in [0.2, 0.25) is 0 Å². The van der Waals surface area contributed by atoms with Crippen molar-refractivity contribution in [3.63, 3.8) is 0 Å². The van der Waals surface area contributed by atoms with Gasteiger partial charge in [0.2, 0.25) is 0 Å². The van der Waals surface area contributed by atoms with Crippen LogP contribution in [0, 0.1) is 0 Å². The fourth-order valence-corrected chi connectivity index (χ4v) is 13.6. The number of benzene rings is 12. The van der Waals surface area contributed by atoms with E-state index in [1.165, 1.54) is 77.9 Å². The molecule has 0 saturated heterocycles. The van der Waals surface area contributed by atoms with Crippen molar-refractivity contribution < 1.29 is 4.74 Å². The molecule has 1 heterocycles. The predicted octanol–water partition coefficient (Wildman–Crippen LogP) is 17.9. The Hall–Kier alpha value is -9.24. The Labute approximate surface area is 418 Å². The summed E-state index contributed by atoms with van der Waals surface area (Å²) < 4.78 is 7.28. The molecule has 0 bridgehead atoms. The summed E-state index contributed by atoms with van der Waals surface area (Å²) in [6.07, 6.45) is 0. The molecule has 1 aliphatic heterocycles. The largest absolute Gasteiger partial charge is 0.455 e. The second-order valence-electron chi connectivity index (χ2n) is 19.8. The van der Waals surface area contributed by atoms with Crippen LogP contribution in [-0.4, -0.2) is 0 Å². The zero-order valence-electron chi connectivity index (χ0n) is 39.2. The molecule has 0 radical (unpaired) electrons. The summed E-state index contributed by atoms with van der Waals surface area (Å²) in [6.45, 7) is 0. The van der Waals surface area contributed by atoms with Crippen molar-refractivity contribution in [2.75, 3.05) is 4.90 Å². The average molecular weight is 914 g/mol. The molecule has 72 heavy (non-hydrogen) atoms. The fraction of sp³-hybridized carbons (Fsp3) is 0.0286. The molecular formula is C70H43NO. The molecule has 0 aromatic heterocycles. The van der Waals surface area contributed by atoms with Crippen LogP contribution in [0.3, 0.4) is 0 Å². The third-order valence-electron chi connectivity index (χ3n) is 16.5. The lowest BCUT2D eigenvalue weighted by Gasteiger charge is -2.40. The molecule has 2 heteroatoms. The topological polar surface area (TPSA) is 12.5 Å². The Morgan fingerprint density at radius 1 is 0.250 bits per heavy atom. The van der Waals surface area contributed by atoms with Crippen molar-refractivity contribution >= 4 is 38.6 Å². The minimum absolute atomic E-state index is 0.473. The van der Waals surface area contributed by atoms with Crippen molar-refractivity contribution in [3.8, 4) is 56.0 Å². The second-order valence-corrected chi connectivity index (χ2v) is 19.8. The molecule has 12 aromatic carbocycles. The lowest BCUT2D eigenvalue weighted by Crippen LogP contribution is -2.32. The Kier molecular flexibility index (Phi) is 8.05. The quantitative estimate of drug-likeness (QED) is 0.174.